The molecule has 2 aromatic carbocycles. The Morgan fingerprint density at radius 2 is 1.59 bits per heavy atom. The predicted octanol–water partition coefficient (Wildman–Crippen LogP) is 3.92. The number of anilines is 2. The average molecular weight is 365 g/mol. The first kappa shape index (κ1) is 19.0. The van der Waals surface area contributed by atoms with Crippen molar-refractivity contribution < 1.29 is 9.59 Å². The van der Waals surface area contributed by atoms with Crippen molar-refractivity contribution in [3.05, 3.63) is 59.7 Å². The minimum atomic E-state index is -0.220. The maximum absolute atomic E-state index is 12.5. The topological polar surface area (TPSA) is 61.4 Å². The average Bonchev–Trinajstić information content (AvgIpc) is 3.21. The first-order valence-electron chi connectivity index (χ1n) is 9.57. The molecule has 5 heteroatoms. The van der Waals surface area contributed by atoms with Gasteiger partial charge in [-0.3, -0.25) is 9.59 Å². The van der Waals surface area contributed by atoms with Crippen LogP contribution in [0, 0.1) is 5.92 Å². The van der Waals surface area contributed by atoms with Crippen LogP contribution in [0.15, 0.2) is 48.5 Å². The van der Waals surface area contributed by atoms with Crippen LogP contribution < -0.4 is 15.5 Å². The van der Waals surface area contributed by atoms with Gasteiger partial charge >= 0.3 is 0 Å². The van der Waals surface area contributed by atoms with Crippen molar-refractivity contribution in [3.63, 3.8) is 0 Å². The molecule has 142 valence electrons. The van der Waals surface area contributed by atoms with Gasteiger partial charge in [0.25, 0.3) is 11.8 Å². The van der Waals surface area contributed by atoms with Crippen LogP contribution in [-0.2, 0) is 0 Å². The van der Waals surface area contributed by atoms with Crippen molar-refractivity contribution in [1.82, 2.24) is 5.32 Å². The lowest BCUT2D eigenvalue weighted by atomic mass is 10.1. The molecule has 0 aliphatic carbocycles. The summed E-state index contributed by atoms with van der Waals surface area (Å²) >= 11 is 0. The first-order chi connectivity index (χ1) is 13.0. The zero-order chi connectivity index (χ0) is 19.2. The monoisotopic (exact) mass is 365 g/mol. The Kier molecular flexibility index (Phi) is 6.12. The Hall–Kier alpha value is -2.82. The summed E-state index contributed by atoms with van der Waals surface area (Å²) in [7, 11) is 0. The van der Waals surface area contributed by atoms with Crippen molar-refractivity contribution >= 4 is 23.2 Å². The molecule has 0 bridgehead atoms. The number of carbonyl (C=O) groups is 2. The van der Waals surface area contributed by atoms with E-state index < -0.39 is 0 Å². The van der Waals surface area contributed by atoms with E-state index in [1.165, 1.54) is 18.5 Å². The van der Waals surface area contributed by atoms with Gasteiger partial charge in [0.15, 0.2) is 0 Å². The fraction of sp³-hybridized carbons (Fsp3) is 0.364. The molecular weight excluding hydrogens is 338 g/mol. The smallest absolute Gasteiger partial charge is 0.255 e. The van der Waals surface area contributed by atoms with Crippen LogP contribution in [0.4, 0.5) is 11.4 Å². The van der Waals surface area contributed by atoms with Crippen molar-refractivity contribution in [2.45, 2.75) is 26.7 Å². The van der Waals surface area contributed by atoms with Gasteiger partial charge in [-0.15, -0.1) is 0 Å². The van der Waals surface area contributed by atoms with Crippen molar-refractivity contribution in [3.8, 4) is 0 Å². The summed E-state index contributed by atoms with van der Waals surface area (Å²) in [4.78, 5) is 27.1. The minimum absolute atomic E-state index is 0.159. The minimum Gasteiger partial charge on any atom is -0.372 e. The van der Waals surface area contributed by atoms with Crippen LogP contribution in [0.1, 0.15) is 47.4 Å². The molecule has 0 aromatic heterocycles. The highest BCUT2D eigenvalue weighted by atomic mass is 16.2. The Labute approximate surface area is 160 Å². The van der Waals surface area contributed by atoms with Crippen LogP contribution in [0.2, 0.25) is 0 Å². The number of hydrogen-bond donors (Lipinski definition) is 2. The fourth-order valence-corrected chi connectivity index (χ4v) is 3.13. The highest BCUT2D eigenvalue weighted by Gasteiger charge is 2.13. The Bertz CT molecular complexity index is 793. The van der Waals surface area contributed by atoms with Gasteiger partial charge in [0.1, 0.15) is 0 Å². The number of nitrogens with zero attached hydrogens (tertiary/aromatic N) is 1. The normalized spacial score (nSPS) is 13.7. The van der Waals surface area contributed by atoms with E-state index in [2.05, 4.69) is 15.5 Å². The van der Waals surface area contributed by atoms with Gasteiger partial charge < -0.3 is 15.5 Å². The third kappa shape index (κ3) is 5.09. The molecule has 0 saturated carbocycles. The Morgan fingerprint density at radius 1 is 0.963 bits per heavy atom. The molecule has 1 heterocycles. The SMILES string of the molecule is CC(C)CNC(=O)c1cccc(C(=O)Nc2ccc(N3CCCC3)cc2)c1. The highest BCUT2D eigenvalue weighted by molar-refractivity contribution is 6.06. The van der Waals surface area contributed by atoms with E-state index in [-0.39, 0.29) is 11.8 Å². The summed E-state index contributed by atoms with van der Waals surface area (Å²) in [5.74, 6) is -0.000268. The third-order valence-corrected chi connectivity index (χ3v) is 4.65. The molecule has 2 amide bonds. The van der Waals surface area contributed by atoms with Crippen LogP contribution in [0.25, 0.3) is 0 Å². The zero-order valence-corrected chi connectivity index (χ0v) is 16.0. The van der Waals surface area contributed by atoms with Crippen LogP contribution >= 0.6 is 0 Å². The Balaban J connectivity index is 1.63. The lowest BCUT2D eigenvalue weighted by Crippen LogP contribution is -2.27. The molecule has 1 aliphatic heterocycles. The van der Waals surface area contributed by atoms with Crippen molar-refractivity contribution in [2.24, 2.45) is 5.92 Å². The van der Waals surface area contributed by atoms with E-state index in [4.69, 9.17) is 0 Å². The Morgan fingerprint density at radius 3 is 2.22 bits per heavy atom. The highest BCUT2D eigenvalue weighted by Crippen LogP contribution is 2.22. The molecule has 27 heavy (non-hydrogen) atoms. The van der Waals surface area contributed by atoms with Gasteiger partial charge in [0, 0.05) is 42.1 Å². The van der Waals surface area contributed by atoms with Gasteiger partial charge in [0.2, 0.25) is 0 Å². The second-order valence-electron chi connectivity index (χ2n) is 7.38. The molecule has 2 aromatic rings. The van der Waals surface area contributed by atoms with E-state index >= 15 is 0 Å². The molecule has 0 atom stereocenters. The zero-order valence-electron chi connectivity index (χ0n) is 16.0. The molecular formula is C22H27N3O2. The molecule has 2 N–H and O–H groups in total. The number of carbonyl (C=O) groups excluding carboxylic acids is 2. The third-order valence-electron chi connectivity index (χ3n) is 4.65. The molecule has 0 radical (unpaired) electrons. The van der Waals surface area contributed by atoms with Gasteiger partial charge in [-0.2, -0.15) is 0 Å². The second-order valence-corrected chi connectivity index (χ2v) is 7.38. The molecule has 0 spiro atoms. The van der Waals surface area contributed by atoms with Crippen LogP contribution in [-0.4, -0.2) is 31.4 Å². The van der Waals surface area contributed by atoms with Gasteiger partial charge in [-0.05, 0) is 61.2 Å². The maximum Gasteiger partial charge on any atom is 0.255 e. The summed E-state index contributed by atoms with van der Waals surface area (Å²) in [6.45, 7) is 6.88. The molecule has 1 fully saturated rings. The van der Waals surface area contributed by atoms with Crippen LogP contribution in [0.5, 0.6) is 0 Å². The van der Waals surface area contributed by atoms with E-state index in [1.54, 1.807) is 24.3 Å². The predicted molar refractivity (Wildman–Crippen MR) is 109 cm³/mol. The number of hydrogen-bond acceptors (Lipinski definition) is 3. The number of rotatable bonds is 6. The van der Waals surface area contributed by atoms with Gasteiger partial charge in [-0.25, -0.2) is 0 Å². The van der Waals surface area contributed by atoms with E-state index in [9.17, 15) is 9.59 Å². The van der Waals surface area contributed by atoms with Crippen molar-refractivity contribution in [2.75, 3.05) is 29.9 Å². The summed E-state index contributed by atoms with van der Waals surface area (Å²) < 4.78 is 0. The van der Waals surface area contributed by atoms with E-state index in [1.807, 2.05) is 38.1 Å². The molecule has 1 saturated heterocycles. The quantitative estimate of drug-likeness (QED) is 0.815. The fourth-order valence-electron chi connectivity index (χ4n) is 3.13. The van der Waals surface area contributed by atoms with Crippen molar-refractivity contribution in [1.29, 1.82) is 0 Å². The maximum atomic E-state index is 12.5. The molecule has 0 unspecified atom stereocenters. The number of nitrogens with one attached hydrogen (secondary N) is 2. The van der Waals surface area contributed by atoms with Crippen LogP contribution in [0.3, 0.4) is 0 Å². The summed E-state index contributed by atoms with van der Waals surface area (Å²) in [6, 6.07) is 14.7. The number of benzene rings is 2. The van der Waals surface area contributed by atoms with E-state index in [0.717, 1.165) is 18.8 Å². The molecule has 5 nitrogen and oxygen atoms in total. The van der Waals surface area contributed by atoms with Gasteiger partial charge in [-0.1, -0.05) is 19.9 Å². The molecule has 3 rings (SSSR count). The molecule has 1 aliphatic rings. The number of amides is 2. The lowest BCUT2D eigenvalue weighted by Gasteiger charge is -2.17. The van der Waals surface area contributed by atoms with E-state index in [0.29, 0.717) is 23.6 Å². The largest absolute Gasteiger partial charge is 0.372 e. The van der Waals surface area contributed by atoms with Gasteiger partial charge in [0.05, 0.1) is 0 Å². The summed E-state index contributed by atoms with van der Waals surface area (Å²) in [5.41, 5.74) is 2.90. The lowest BCUT2D eigenvalue weighted by molar-refractivity contribution is 0.0949. The standard InChI is InChI=1S/C22H27N3O2/c1-16(2)15-23-21(26)17-6-5-7-18(14-17)22(27)24-19-8-10-20(11-9-19)25-12-3-4-13-25/h5-11,14,16H,3-4,12-13,15H2,1-2H3,(H,23,26)(H,24,27). The summed E-state index contributed by atoms with van der Waals surface area (Å²) in [5, 5.41) is 5.78. The first-order valence-corrected chi connectivity index (χ1v) is 9.57. The summed E-state index contributed by atoms with van der Waals surface area (Å²) in [6.07, 6.45) is 2.47. The second kappa shape index (κ2) is 8.71.